The number of hydrogen-bond acceptors (Lipinski definition) is 6. The zero-order valence-electron chi connectivity index (χ0n) is 13.7. The monoisotopic (exact) mass is 398 g/mol. The number of ether oxygens (including phenoxy) is 1. The third-order valence-electron chi connectivity index (χ3n) is 3.23. The number of carbonyl (C=O) groups is 1. The van der Waals surface area contributed by atoms with Crippen molar-refractivity contribution >= 4 is 44.7 Å². The number of esters is 1. The Balaban J connectivity index is 2.66. The number of carbonyl (C=O) groups excluding carboxylic acids is 1. The molecule has 0 radical (unpaired) electrons. The normalized spacial score (nSPS) is 11.0. The molecule has 2 aromatic rings. The highest BCUT2D eigenvalue weighted by Gasteiger charge is 2.33. The topological polar surface area (TPSA) is 107 Å². The number of benzene rings is 2. The minimum absolute atomic E-state index is 0.0109. The van der Waals surface area contributed by atoms with Gasteiger partial charge in [-0.2, -0.15) is 0 Å². The van der Waals surface area contributed by atoms with Crippen LogP contribution >= 0.6 is 11.6 Å². The zero-order chi connectivity index (χ0) is 19.3. The van der Waals surface area contributed by atoms with Crippen LogP contribution < -0.4 is 4.31 Å². The van der Waals surface area contributed by atoms with Gasteiger partial charge in [-0.05, 0) is 31.2 Å². The zero-order valence-corrected chi connectivity index (χ0v) is 15.2. The van der Waals surface area contributed by atoms with Crippen LogP contribution in [0.5, 0.6) is 0 Å². The fraction of sp³-hybridized carbons (Fsp3) is 0.188. The first-order valence-electron chi connectivity index (χ1n) is 7.44. The lowest BCUT2D eigenvalue weighted by molar-refractivity contribution is -0.384. The summed E-state index contributed by atoms with van der Waals surface area (Å²) in [6.45, 7) is 1.55. The molecule has 2 rings (SSSR count). The van der Waals surface area contributed by atoms with Crippen LogP contribution in [0.4, 0.5) is 17.1 Å². The van der Waals surface area contributed by atoms with E-state index in [4.69, 9.17) is 16.3 Å². The summed E-state index contributed by atoms with van der Waals surface area (Å²) >= 11 is 5.92. The van der Waals surface area contributed by atoms with Crippen molar-refractivity contribution in [2.75, 3.05) is 16.7 Å². The highest BCUT2D eigenvalue weighted by Crippen LogP contribution is 2.38. The Morgan fingerprint density at radius 1 is 1.23 bits per heavy atom. The summed E-state index contributed by atoms with van der Waals surface area (Å²) in [7, 11) is -4.33. The Bertz CT molecular complexity index is 918. The van der Waals surface area contributed by atoms with Crippen LogP contribution in [0.1, 0.15) is 6.92 Å². The summed E-state index contributed by atoms with van der Waals surface area (Å²) < 4.78 is 31.2. The minimum Gasteiger partial charge on any atom is -0.465 e. The van der Waals surface area contributed by atoms with E-state index in [-0.39, 0.29) is 23.0 Å². The highest BCUT2D eigenvalue weighted by atomic mass is 35.5. The Kier molecular flexibility index (Phi) is 6.17. The van der Waals surface area contributed by atoms with E-state index < -0.39 is 32.4 Å². The van der Waals surface area contributed by atoms with Gasteiger partial charge >= 0.3 is 5.97 Å². The standard InChI is InChI=1S/C16H15ClN2O6S/c1-2-25-16(20)11-26(23,24)18(13-6-4-3-5-7-13)15-10-12(17)8-9-14(15)19(21)22/h3-10H,2,11H2,1H3. The Labute approximate surface area is 155 Å². The first-order chi connectivity index (χ1) is 12.3. The second-order valence-electron chi connectivity index (χ2n) is 5.05. The first kappa shape index (κ1) is 19.7. The van der Waals surface area contributed by atoms with Crippen LogP contribution in [0.25, 0.3) is 0 Å². The third-order valence-corrected chi connectivity index (χ3v) is 5.03. The van der Waals surface area contributed by atoms with E-state index in [1.54, 1.807) is 25.1 Å². The van der Waals surface area contributed by atoms with Crippen molar-refractivity contribution < 1.29 is 22.9 Å². The summed E-state index contributed by atoms with van der Waals surface area (Å²) in [6, 6.07) is 11.2. The lowest BCUT2D eigenvalue weighted by Gasteiger charge is -2.24. The average molecular weight is 399 g/mol. The number of nitro groups is 1. The van der Waals surface area contributed by atoms with Gasteiger partial charge in [0.15, 0.2) is 5.75 Å². The molecule has 0 aliphatic rings. The number of nitro benzene ring substituents is 1. The molecule has 0 atom stereocenters. The van der Waals surface area contributed by atoms with E-state index in [0.29, 0.717) is 0 Å². The highest BCUT2D eigenvalue weighted by molar-refractivity contribution is 7.93. The molecule has 0 fully saturated rings. The fourth-order valence-electron chi connectivity index (χ4n) is 2.24. The van der Waals surface area contributed by atoms with Gasteiger partial charge < -0.3 is 4.74 Å². The number of halogens is 1. The maximum Gasteiger partial charge on any atom is 0.323 e. The van der Waals surface area contributed by atoms with E-state index in [2.05, 4.69) is 0 Å². The molecule has 0 aromatic heterocycles. The molecule has 0 aliphatic carbocycles. The number of sulfonamides is 1. The molecule has 26 heavy (non-hydrogen) atoms. The van der Waals surface area contributed by atoms with E-state index in [1.165, 1.54) is 18.2 Å². The van der Waals surface area contributed by atoms with Crippen molar-refractivity contribution in [3.05, 3.63) is 63.7 Å². The first-order valence-corrected chi connectivity index (χ1v) is 9.42. The number of nitrogens with zero attached hydrogens (tertiary/aromatic N) is 2. The molecule has 8 nitrogen and oxygen atoms in total. The van der Waals surface area contributed by atoms with Crippen LogP contribution in [-0.2, 0) is 19.6 Å². The Morgan fingerprint density at radius 2 is 1.88 bits per heavy atom. The van der Waals surface area contributed by atoms with Gasteiger partial charge in [-0.1, -0.05) is 29.8 Å². The quantitative estimate of drug-likeness (QED) is 0.402. The molecule has 2 aromatic carbocycles. The van der Waals surface area contributed by atoms with Crippen LogP contribution in [0, 0.1) is 10.1 Å². The molecule has 0 saturated heterocycles. The van der Waals surface area contributed by atoms with Crippen molar-refractivity contribution in [2.24, 2.45) is 0 Å². The predicted octanol–water partition coefficient (Wildman–Crippen LogP) is 3.28. The van der Waals surface area contributed by atoms with Crippen molar-refractivity contribution in [2.45, 2.75) is 6.92 Å². The second-order valence-corrected chi connectivity index (χ2v) is 7.31. The number of rotatable bonds is 7. The molecule has 0 spiro atoms. The second kappa shape index (κ2) is 8.15. The molecule has 0 aliphatic heterocycles. The van der Waals surface area contributed by atoms with E-state index in [1.807, 2.05) is 0 Å². The van der Waals surface area contributed by atoms with Crippen molar-refractivity contribution in [3.8, 4) is 0 Å². The van der Waals surface area contributed by atoms with Gasteiger partial charge in [-0.25, -0.2) is 12.7 Å². The van der Waals surface area contributed by atoms with Crippen LogP contribution in [0.2, 0.25) is 5.02 Å². The van der Waals surface area contributed by atoms with Gasteiger partial charge in [-0.3, -0.25) is 14.9 Å². The average Bonchev–Trinajstić information content (AvgIpc) is 2.55. The van der Waals surface area contributed by atoms with Gasteiger partial charge in [0.25, 0.3) is 15.7 Å². The van der Waals surface area contributed by atoms with Crippen molar-refractivity contribution in [3.63, 3.8) is 0 Å². The molecule has 0 unspecified atom stereocenters. The molecule has 138 valence electrons. The third kappa shape index (κ3) is 4.50. The molecule has 0 heterocycles. The van der Waals surface area contributed by atoms with Gasteiger partial charge in [0.2, 0.25) is 0 Å². The van der Waals surface area contributed by atoms with Crippen molar-refractivity contribution in [1.82, 2.24) is 0 Å². The summed E-state index contributed by atoms with van der Waals surface area (Å²) in [5.41, 5.74) is -0.606. The SMILES string of the molecule is CCOC(=O)CS(=O)(=O)N(c1ccccc1)c1cc(Cl)ccc1[N+](=O)[O-]. The predicted molar refractivity (Wildman–Crippen MR) is 97.1 cm³/mol. The largest absolute Gasteiger partial charge is 0.465 e. The van der Waals surface area contributed by atoms with Crippen LogP contribution in [-0.4, -0.2) is 31.7 Å². The maximum absolute atomic E-state index is 12.9. The van der Waals surface area contributed by atoms with Gasteiger partial charge in [0.05, 0.1) is 17.2 Å². The molecular formula is C16H15ClN2O6S. The smallest absolute Gasteiger partial charge is 0.323 e. The number of anilines is 2. The molecule has 10 heteroatoms. The summed E-state index contributed by atoms with van der Waals surface area (Å²) in [4.78, 5) is 22.4. The molecule has 0 saturated carbocycles. The summed E-state index contributed by atoms with van der Waals surface area (Å²) in [5, 5.41) is 11.5. The lowest BCUT2D eigenvalue weighted by atomic mass is 10.2. The van der Waals surface area contributed by atoms with Gasteiger partial charge in [0, 0.05) is 11.1 Å². The van der Waals surface area contributed by atoms with E-state index >= 15 is 0 Å². The molecular weight excluding hydrogens is 384 g/mol. The van der Waals surface area contributed by atoms with E-state index in [9.17, 15) is 23.3 Å². The van der Waals surface area contributed by atoms with Crippen molar-refractivity contribution in [1.29, 1.82) is 0 Å². The molecule has 0 bridgehead atoms. The van der Waals surface area contributed by atoms with Gasteiger partial charge in [0.1, 0.15) is 5.69 Å². The fourth-order valence-corrected chi connectivity index (χ4v) is 3.81. The minimum atomic E-state index is -4.33. The summed E-state index contributed by atoms with van der Waals surface area (Å²) in [6.07, 6.45) is 0. The Morgan fingerprint density at radius 3 is 2.46 bits per heavy atom. The Hall–Kier alpha value is -2.65. The number of hydrogen-bond donors (Lipinski definition) is 0. The molecule has 0 amide bonds. The lowest BCUT2D eigenvalue weighted by Crippen LogP contribution is -2.33. The van der Waals surface area contributed by atoms with E-state index in [0.717, 1.165) is 16.4 Å². The maximum atomic E-state index is 12.9. The molecule has 0 N–H and O–H groups in total. The number of para-hydroxylation sites is 1. The summed E-state index contributed by atoms with van der Waals surface area (Å²) in [5.74, 6) is -1.93. The van der Waals surface area contributed by atoms with Gasteiger partial charge in [-0.15, -0.1) is 0 Å². The van der Waals surface area contributed by atoms with Crippen LogP contribution in [0.3, 0.4) is 0 Å². The van der Waals surface area contributed by atoms with Crippen LogP contribution in [0.15, 0.2) is 48.5 Å².